The Labute approximate surface area is 256 Å². The van der Waals surface area contributed by atoms with E-state index in [1.165, 1.54) is 53.9 Å². The van der Waals surface area contributed by atoms with Gasteiger partial charge in [-0.15, -0.1) is 11.3 Å². The van der Waals surface area contributed by atoms with Gasteiger partial charge in [0, 0.05) is 35.3 Å². The summed E-state index contributed by atoms with van der Waals surface area (Å²) in [5, 5.41) is 3.70. The van der Waals surface area contributed by atoms with Gasteiger partial charge < -0.3 is 4.57 Å². The monoisotopic (exact) mass is 593 g/mol. The topological polar surface area (TPSA) is 45.6 Å². The fraction of sp³-hybridized carbons (Fsp3) is 0.0833. The minimum atomic E-state index is -0.560. The maximum absolute atomic E-state index is 13.3. The van der Waals surface area contributed by atoms with Gasteiger partial charge >= 0.3 is 0 Å². The second-order valence-corrected chi connectivity index (χ2v) is 12.8. The fourth-order valence-electron chi connectivity index (χ4n) is 7.52. The van der Waals surface area contributed by atoms with Crippen LogP contribution in [-0.4, -0.2) is 45.4 Å². The predicted molar refractivity (Wildman–Crippen MR) is 176 cm³/mol. The molecule has 1 saturated heterocycles. The normalized spacial score (nSPS) is 16.3. The molecule has 1 spiro atoms. The number of benzene rings is 4. The van der Waals surface area contributed by atoms with Crippen LogP contribution in [0.25, 0.3) is 44.0 Å². The molecule has 0 N–H and O–H groups in total. The van der Waals surface area contributed by atoms with Crippen molar-refractivity contribution >= 4 is 68.4 Å². The molecular formula is C36H23N3O2S2. The number of amides is 2. The van der Waals surface area contributed by atoms with Crippen molar-refractivity contribution in [1.82, 2.24) is 14.4 Å². The molecule has 2 aromatic heterocycles. The molecule has 4 aromatic carbocycles. The van der Waals surface area contributed by atoms with E-state index in [9.17, 15) is 9.59 Å². The first-order valence-electron chi connectivity index (χ1n) is 14.1. The molecule has 0 saturated carbocycles. The van der Waals surface area contributed by atoms with Crippen molar-refractivity contribution in [2.45, 2.75) is 5.41 Å². The van der Waals surface area contributed by atoms with Crippen molar-refractivity contribution in [3.8, 4) is 16.1 Å². The minimum Gasteiger partial charge on any atom is -0.300 e. The van der Waals surface area contributed by atoms with Crippen LogP contribution in [0.2, 0.25) is 0 Å². The number of thiocarbonyl (C=S) groups is 1. The van der Waals surface area contributed by atoms with Crippen LogP contribution >= 0.6 is 23.6 Å². The molecule has 43 heavy (non-hydrogen) atoms. The highest BCUT2D eigenvalue weighted by atomic mass is 32.1. The van der Waals surface area contributed by atoms with Crippen molar-refractivity contribution in [3.05, 3.63) is 130 Å². The fourth-order valence-corrected chi connectivity index (χ4v) is 8.86. The summed E-state index contributed by atoms with van der Waals surface area (Å²) in [5.41, 5.74) is 9.20. The largest absolute Gasteiger partial charge is 0.300 e. The third-order valence-corrected chi connectivity index (χ3v) is 10.9. The lowest BCUT2D eigenvalue weighted by Gasteiger charge is -2.37. The Hall–Kier alpha value is -4.85. The lowest BCUT2D eigenvalue weighted by atomic mass is 9.66. The van der Waals surface area contributed by atoms with Crippen LogP contribution in [0.5, 0.6) is 0 Å². The lowest BCUT2D eigenvalue weighted by Crippen LogP contribution is -2.52. The molecule has 1 fully saturated rings. The molecule has 6 aromatic rings. The van der Waals surface area contributed by atoms with Crippen molar-refractivity contribution in [1.29, 1.82) is 0 Å². The highest BCUT2D eigenvalue weighted by Crippen LogP contribution is 2.62. The number of nitrogens with zero attached hydrogens (tertiary/aromatic N) is 3. The van der Waals surface area contributed by atoms with Gasteiger partial charge in [-0.3, -0.25) is 19.4 Å². The Morgan fingerprint density at radius 2 is 1.28 bits per heavy atom. The Bertz CT molecular complexity index is 2240. The molecule has 0 unspecified atom stereocenters. The van der Waals surface area contributed by atoms with Crippen LogP contribution in [0, 0.1) is 0 Å². The highest BCUT2D eigenvalue weighted by Gasteiger charge is 2.51. The van der Waals surface area contributed by atoms with Gasteiger partial charge in [0.1, 0.15) is 10.6 Å². The Morgan fingerprint density at radius 3 is 1.98 bits per heavy atom. The van der Waals surface area contributed by atoms with E-state index in [1.54, 1.807) is 31.5 Å². The highest BCUT2D eigenvalue weighted by molar-refractivity contribution is 7.80. The smallest absolute Gasteiger partial charge is 0.265 e. The molecule has 7 heteroatoms. The van der Waals surface area contributed by atoms with Gasteiger partial charge in [-0.05, 0) is 58.2 Å². The van der Waals surface area contributed by atoms with Crippen LogP contribution in [0.1, 0.15) is 27.1 Å². The zero-order valence-corrected chi connectivity index (χ0v) is 24.9. The van der Waals surface area contributed by atoms with Crippen LogP contribution in [0.15, 0.2) is 103 Å². The van der Waals surface area contributed by atoms with Gasteiger partial charge in [0.2, 0.25) is 0 Å². The van der Waals surface area contributed by atoms with Gasteiger partial charge in [0.05, 0.1) is 16.4 Å². The van der Waals surface area contributed by atoms with E-state index >= 15 is 0 Å². The molecule has 0 atom stereocenters. The summed E-state index contributed by atoms with van der Waals surface area (Å²) in [6, 6.07) is 34.8. The van der Waals surface area contributed by atoms with Gasteiger partial charge in [-0.25, -0.2) is 0 Å². The predicted octanol–water partition coefficient (Wildman–Crippen LogP) is 7.12. The van der Waals surface area contributed by atoms with E-state index in [4.69, 9.17) is 12.2 Å². The maximum atomic E-state index is 13.3. The third-order valence-electron chi connectivity index (χ3n) is 9.32. The van der Waals surface area contributed by atoms with E-state index < -0.39 is 5.41 Å². The number of hydrogen-bond donors (Lipinski definition) is 0. The molecule has 0 bridgehead atoms. The Balaban J connectivity index is 1.43. The second kappa shape index (κ2) is 8.37. The zero-order valence-electron chi connectivity index (χ0n) is 23.3. The standard InChI is InChI=1S/C36H23N3O2S2/c1-37-32(40)25(33(41)38(2)35(37)42)18-20-19-29-34(43-20)39-30-17-8-5-12-23(30)24-13-9-16-28(31(24)39)36(29)26-14-6-3-10-21(26)22-11-4-7-15-27(22)36/h3-19H,1-2H3. The van der Waals surface area contributed by atoms with Gasteiger partial charge in [0.15, 0.2) is 5.11 Å². The van der Waals surface area contributed by atoms with Crippen LogP contribution in [0.3, 0.4) is 0 Å². The van der Waals surface area contributed by atoms with Crippen LogP contribution < -0.4 is 0 Å². The summed E-state index contributed by atoms with van der Waals surface area (Å²) in [4.78, 5) is 30.2. The van der Waals surface area contributed by atoms with E-state index in [2.05, 4.69) is 102 Å². The van der Waals surface area contributed by atoms with E-state index in [1.807, 2.05) is 0 Å². The quantitative estimate of drug-likeness (QED) is 0.116. The molecular weight excluding hydrogens is 571 g/mol. The molecule has 3 aliphatic rings. The number of likely N-dealkylation sites (N-methyl/N-ethyl adjacent to an activating group) is 2. The first-order chi connectivity index (χ1) is 20.9. The minimum absolute atomic E-state index is 0.110. The maximum Gasteiger partial charge on any atom is 0.265 e. The molecule has 4 heterocycles. The molecule has 2 aliphatic heterocycles. The summed E-state index contributed by atoms with van der Waals surface area (Å²) in [6.45, 7) is 0. The van der Waals surface area contributed by atoms with E-state index in [0.29, 0.717) is 0 Å². The molecule has 2 amide bonds. The molecule has 5 nitrogen and oxygen atoms in total. The number of thiophene rings is 1. The van der Waals surface area contributed by atoms with E-state index in [-0.39, 0.29) is 22.5 Å². The number of rotatable bonds is 1. The van der Waals surface area contributed by atoms with Crippen molar-refractivity contribution < 1.29 is 9.59 Å². The van der Waals surface area contributed by atoms with Gasteiger partial charge in [0.25, 0.3) is 11.8 Å². The lowest BCUT2D eigenvalue weighted by molar-refractivity contribution is -0.132. The van der Waals surface area contributed by atoms with Crippen molar-refractivity contribution in [2.75, 3.05) is 14.1 Å². The number of carbonyl (C=O) groups is 2. The molecule has 9 rings (SSSR count). The number of aromatic nitrogens is 1. The summed E-state index contributed by atoms with van der Waals surface area (Å²) in [6.07, 6.45) is 1.75. The summed E-state index contributed by atoms with van der Waals surface area (Å²) >= 11 is 6.94. The van der Waals surface area contributed by atoms with Crippen molar-refractivity contribution in [3.63, 3.8) is 0 Å². The first kappa shape index (κ1) is 24.7. The second-order valence-electron chi connectivity index (χ2n) is 11.3. The summed E-state index contributed by atoms with van der Waals surface area (Å²) in [7, 11) is 3.23. The van der Waals surface area contributed by atoms with Gasteiger partial charge in [-0.2, -0.15) is 0 Å². The number of hydrogen-bond acceptors (Lipinski definition) is 4. The number of fused-ring (bicyclic) bond motifs is 12. The zero-order chi connectivity index (χ0) is 29.2. The average molecular weight is 594 g/mol. The Morgan fingerprint density at radius 1 is 0.698 bits per heavy atom. The molecule has 206 valence electrons. The number of carbonyl (C=O) groups excluding carboxylic acids is 2. The number of para-hydroxylation sites is 2. The van der Waals surface area contributed by atoms with Crippen LogP contribution in [0.4, 0.5) is 0 Å². The average Bonchev–Trinajstić information content (AvgIpc) is 3.70. The first-order valence-corrected chi connectivity index (χ1v) is 15.3. The SMILES string of the molecule is CN1C(=O)C(=Cc2cc3c(s2)-n2c4ccccc4c4cccc(c42)C32c3ccccc3-c3ccccc32)C(=O)N(C)C1=S. The van der Waals surface area contributed by atoms with Crippen molar-refractivity contribution in [2.24, 2.45) is 0 Å². The van der Waals surface area contributed by atoms with Crippen LogP contribution in [-0.2, 0) is 15.0 Å². The Kier molecular flexibility index (Phi) is 4.81. The molecule has 1 aliphatic carbocycles. The summed E-state index contributed by atoms with van der Waals surface area (Å²) in [5.74, 6) is -0.773. The third kappa shape index (κ3) is 2.88. The molecule has 0 radical (unpaired) electrons. The van der Waals surface area contributed by atoms with E-state index in [0.717, 1.165) is 21.0 Å². The summed E-state index contributed by atoms with van der Waals surface area (Å²) < 4.78 is 2.38. The van der Waals surface area contributed by atoms with Gasteiger partial charge in [-0.1, -0.05) is 84.9 Å².